The van der Waals surface area contributed by atoms with Crippen molar-refractivity contribution < 1.29 is 19.8 Å². The van der Waals surface area contributed by atoms with E-state index < -0.39 is 24.1 Å². The molecular weight excluding hydrogens is 262 g/mol. The zero-order chi connectivity index (χ0) is 15.1. The highest BCUT2D eigenvalue weighted by atomic mass is 16.4. The monoisotopic (exact) mass is 277 g/mol. The van der Waals surface area contributed by atoms with Gasteiger partial charge in [0, 0.05) is 5.69 Å². The number of nitrogens with one attached hydrogen (secondary N) is 2. The minimum atomic E-state index is -1.38. The Bertz CT molecular complexity index is 519. The van der Waals surface area contributed by atoms with Crippen molar-refractivity contribution in [2.45, 2.75) is 25.5 Å². The van der Waals surface area contributed by atoms with Crippen molar-refractivity contribution in [2.24, 2.45) is 0 Å². The molecule has 2 amide bonds. The number of aliphatic hydroxyl groups excluding tert-OH is 1. The lowest BCUT2D eigenvalue weighted by Crippen LogP contribution is -2.49. The van der Waals surface area contributed by atoms with Crippen LogP contribution in [0, 0.1) is 11.3 Å². The minimum Gasteiger partial charge on any atom is -0.480 e. The van der Waals surface area contributed by atoms with Crippen molar-refractivity contribution in [2.75, 3.05) is 5.32 Å². The van der Waals surface area contributed by atoms with Gasteiger partial charge in [0.05, 0.1) is 18.6 Å². The molecule has 7 nitrogen and oxygen atoms in total. The minimum absolute atomic E-state index is 0.273. The Morgan fingerprint density at radius 3 is 2.40 bits per heavy atom. The van der Waals surface area contributed by atoms with Gasteiger partial charge < -0.3 is 20.8 Å². The van der Waals surface area contributed by atoms with Gasteiger partial charge in [-0.25, -0.2) is 9.59 Å². The van der Waals surface area contributed by atoms with Crippen LogP contribution in [0.2, 0.25) is 0 Å². The fraction of sp³-hybridized carbons (Fsp3) is 0.308. The molecule has 4 N–H and O–H groups in total. The van der Waals surface area contributed by atoms with Crippen molar-refractivity contribution in [3.63, 3.8) is 0 Å². The summed E-state index contributed by atoms with van der Waals surface area (Å²) in [5, 5.41) is 31.2. The van der Waals surface area contributed by atoms with Gasteiger partial charge in [0.1, 0.15) is 0 Å². The first-order valence-corrected chi connectivity index (χ1v) is 5.88. The van der Waals surface area contributed by atoms with E-state index in [2.05, 4.69) is 10.6 Å². The second-order valence-electron chi connectivity index (χ2n) is 4.19. The van der Waals surface area contributed by atoms with Crippen LogP contribution in [0.1, 0.15) is 12.5 Å². The number of carbonyl (C=O) groups excluding carboxylic acids is 1. The Kier molecular flexibility index (Phi) is 5.50. The van der Waals surface area contributed by atoms with Gasteiger partial charge in [-0.05, 0) is 24.6 Å². The van der Waals surface area contributed by atoms with Crippen LogP contribution in [-0.2, 0) is 11.2 Å². The maximum absolute atomic E-state index is 11.6. The van der Waals surface area contributed by atoms with E-state index in [9.17, 15) is 14.7 Å². The molecule has 1 aromatic rings. The molecule has 0 aromatic heterocycles. The van der Waals surface area contributed by atoms with E-state index in [0.717, 1.165) is 5.56 Å². The number of nitrogens with zero attached hydrogens (tertiary/aromatic N) is 1. The predicted molar refractivity (Wildman–Crippen MR) is 71.0 cm³/mol. The van der Waals surface area contributed by atoms with Crippen LogP contribution >= 0.6 is 0 Å². The molecule has 0 saturated heterocycles. The Balaban J connectivity index is 2.62. The normalized spacial score (nSPS) is 12.8. The van der Waals surface area contributed by atoms with E-state index in [-0.39, 0.29) is 6.42 Å². The number of aliphatic hydroxyl groups is 1. The number of hydrogen-bond donors (Lipinski definition) is 4. The lowest BCUT2D eigenvalue weighted by molar-refractivity contribution is -0.141. The third-order valence-corrected chi connectivity index (χ3v) is 2.53. The van der Waals surface area contributed by atoms with Crippen molar-refractivity contribution in [1.29, 1.82) is 5.26 Å². The quantitative estimate of drug-likeness (QED) is 0.631. The summed E-state index contributed by atoms with van der Waals surface area (Å²) in [6.45, 7) is 1.27. The topological polar surface area (TPSA) is 122 Å². The molecule has 0 fully saturated rings. The molecule has 0 saturated carbocycles. The molecule has 0 aliphatic carbocycles. The van der Waals surface area contributed by atoms with Crippen LogP contribution in [0.4, 0.5) is 10.5 Å². The molecular formula is C13H15N3O4. The average Bonchev–Trinajstić information content (AvgIpc) is 2.38. The van der Waals surface area contributed by atoms with Crippen LogP contribution in [0.5, 0.6) is 0 Å². The summed E-state index contributed by atoms with van der Waals surface area (Å²) in [6.07, 6.45) is -0.938. The maximum atomic E-state index is 11.6. The highest BCUT2D eigenvalue weighted by Gasteiger charge is 2.24. The zero-order valence-electron chi connectivity index (χ0n) is 10.8. The molecule has 7 heteroatoms. The number of carbonyl (C=O) groups is 2. The lowest BCUT2D eigenvalue weighted by atomic mass is 10.1. The Hall–Kier alpha value is -2.59. The van der Waals surface area contributed by atoms with E-state index in [1.54, 1.807) is 24.3 Å². The van der Waals surface area contributed by atoms with E-state index in [0.29, 0.717) is 5.69 Å². The summed E-state index contributed by atoms with van der Waals surface area (Å²) in [5.74, 6) is -1.32. The number of nitriles is 1. The van der Waals surface area contributed by atoms with E-state index >= 15 is 0 Å². The number of aliphatic carboxylic acids is 1. The number of carboxylic acid groups (broad SMARTS) is 1. The number of benzene rings is 1. The number of urea groups is 1. The van der Waals surface area contributed by atoms with Gasteiger partial charge in [-0.2, -0.15) is 5.26 Å². The van der Waals surface area contributed by atoms with E-state index in [1.807, 2.05) is 6.07 Å². The molecule has 0 spiro atoms. The standard InChI is InChI=1S/C13H15N3O4/c1-8(17)11(12(18)19)16-13(20)15-10-4-2-9(3-5-10)6-7-14/h2-5,8,11,17H,6H2,1H3,(H,18,19)(H2,15,16,20). The number of carboxylic acids is 1. The molecule has 0 aliphatic rings. The average molecular weight is 277 g/mol. The maximum Gasteiger partial charge on any atom is 0.328 e. The van der Waals surface area contributed by atoms with Crippen LogP contribution < -0.4 is 10.6 Å². The summed E-state index contributed by atoms with van der Waals surface area (Å²) in [5.41, 5.74) is 1.27. The summed E-state index contributed by atoms with van der Waals surface area (Å²) < 4.78 is 0. The highest BCUT2D eigenvalue weighted by molar-refractivity contribution is 5.92. The number of rotatable bonds is 5. The lowest BCUT2D eigenvalue weighted by Gasteiger charge is -2.17. The fourth-order valence-corrected chi connectivity index (χ4v) is 1.49. The third-order valence-electron chi connectivity index (χ3n) is 2.53. The zero-order valence-corrected chi connectivity index (χ0v) is 10.8. The first-order valence-electron chi connectivity index (χ1n) is 5.88. The fourth-order valence-electron chi connectivity index (χ4n) is 1.49. The van der Waals surface area contributed by atoms with Gasteiger partial charge in [-0.15, -0.1) is 0 Å². The molecule has 0 aliphatic heterocycles. The Labute approximate surface area is 115 Å². The first kappa shape index (κ1) is 15.5. The molecule has 1 rings (SSSR count). The van der Waals surface area contributed by atoms with Gasteiger partial charge in [0.25, 0.3) is 0 Å². The van der Waals surface area contributed by atoms with E-state index in [4.69, 9.17) is 10.4 Å². The number of amides is 2. The Morgan fingerprint density at radius 2 is 1.95 bits per heavy atom. The molecule has 0 bridgehead atoms. The van der Waals surface area contributed by atoms with Crippen LogP contribution in [0.25, 0.3) is 0 Å². The van der Waals surface area contributed by atoms with Gasteiger partial charge in [0.15, 0.2) is 6.04 Å². The number of anilines is 1. The SMILES string of the molecule is CC(O)C(NC(=O)Nc1ccc(CC#N)cc1)C(=O)O. The van der Waals surface area contributed by atoms with Crippen molar-refractivity contribution in [3.8, 4) is 6.07 Å². The molecule has 20 heavy (non-hydrogen) atoms. The summed E-state index contributed by atoms with van der Waals surface area (Å²) >= 11 is 0. The Morgan fingerprint density at radius 1 is 1.35 bits per heavy atom. The van der Waals surface area contributed by atoms with Crippen molar-refractivity contribution in [3.05, 3.63) is 29.8 Å². The van der Waals surface area contributed by atoms with E-state index in [1.165, 1.54) is 6.92 Å². The van der Waals surface area contributed by atoms with Crippen molar-refractivity contribution >= 4 is 17.7 Å². The second kappa shape index (κ2) is 7.11. The largest absolute Gasteiger partial charge is 0.480 e. The van der Waals surface area contributed by atoms with Gasteiger partial charge in [-0.3, -0.25) is 0 Å². The van der Waals surface area contributed by atoms with Gasteiger partial charge >= 0.3 is 12.0 Å². The van der Waals surface area contributed by atoms with Gasteiger partial charge in [-0.1, -0.05) is 12.1 Å². The molecule has 0 radical (unpaired) electrons. The first-order chi connectivity index (χ1) is 9.43. The molecule has 2 unspecified atom stereocenters. The summed E-state index contributed by atoms with van der Waals surface area (Å²) in [4.78, 5) is 22.4. The second-order valence-corrected chi connectivity index (χ2v) is 4.19. The molecule has 1 aromatic carbocycles. The summed E-state index contributed by atoms with van der Waals surface area (Å²) in [6, 6.07) is 6.46. The van der Waals surface area contributed by atoms with Gasteiger partial charge in [0.2, 0.25) is 0 Å². The van der Waals surface area contributed by atoms with Crippen LogP contribution in [0.15, 0.2) is 24.3 Å². The molecule has 0 heterocycles. The third kappa shape index (κ3) is 4.59. The highest BCUT2D eigenvalue weighted by Crippen LogP contribution is 2.09. The predicted octanol–water partition coefficient (Wildman–Crippen LogP) is 0.708. The number of hydrogen-bond acceptors (Lipinski definition) is 4. The summed E-state index contributed by atoms with van der Waals surface area (Å²) in [7, 11) is 0. The smallest absolute Gasteiger partial charge is 0.328 e. The molecule has 106 valence electrons. The molecule has 2 atom stereocenters. The van der Waals surface area contributed by atoms with Crippen LogP contribution in [0.3, 0.4) is 0 Å². The van der Waals surface area contributed by atoms with Crippen LogP contribution in [-0.4, -0.2) is 34.4 Å². The van der Waals surface area contributed by atoms with Crippen molar-refractivity contribution in [1.82, 2.24) is 5.32 Å².